The van der Waals surface area contributed by atoms with Crippen LogP contribution in [0, 0.1) is 11.8 Å². The monoisotopic (exact) mass is 510 g/mol. The third-order valence-electron chi connectivity index (χ3n) is 8.01. The summed E-state index contributed by atoms with van der Waals surface area (Å²) in [6.07, 6.45) is 7.23. The number of rotatable bonds is 4. The molecule has 0 amide bonds. The summed E-state index contributed by atoms with van der Waals surface area (Å²) in [5, 5.41) is 14.0. The SMILES string of the molecule is C=C[C@H]1C[N@]2CC[C@H]1C[C@H]2[C@H](O)c1ccnc2ccc(OC)cc12.O=c1ccc2cc3ccoc3cc2o1. The van der Waals surface area contributed by atoms with Crippen molar-refractivity contribution in [3.8, 4) is 5.75 Å². The molecule has 0 spiro atoms. The van der Waals surface area contributed by atoms with Gasteiger partial charge in [0.25, 0.3) is 0 Å². The second-order valence-corrected chi connectivity index (χ2v) is 10.1. The van der Waals surface area contributed by atoms with Crippen LogP contribution in [-0.4, -0.2) is 41.2 Å². The van der Waals surface area contributed by atoms with Gasteiger partial charge in [-0.3, -0.25) is 9.88 Å². The highest BCUT2D eigenvalue weighted by Gasteiger charge is 2.42. The molecule has 1 N–H and O–H groups in total. The summed E-state index contributed by atoms with van der Waals surface area (Å²) in [6.45, 7) is 6.07. The van der Waals surface area contributed by atoms with Crippen LogP contribution in [0.1, 0.15) is 24.5 Å². The molecule has 3 saturated heterocycles. The summed E-state index contributed by atoms with van der Waals surface area (Å²) in [5.41, 5.74) is 2.79. The predicted octanol–water partition coefficient (Wildman–Crippen LogP) is 5.71. The lowest BCUT2D eigenvalue weighted by Gasteiger charge is -2.50. The Bertz CT molecular complexity index is 1670. The lowest BCUT2D eigenvalue weighted by atomic mass is 9.73. The number of ether oxygens (including phenoxy) is 1. The fourth-order valence-electron chi connectivity index (χ4n) is 5.97. The molecular weight excluding hydrogens is 480 g/mol. The summed E-state index contributed by atoms with van der Waals surface area (Å²) in [6, 6.07) is 16.6. The van der Waals surface area contributed by atoms with Crippen molar-refractivity contribution >= 4 is 32.8 Å². The average Bonchev–Trinajstić information content (AvgIpc) is 3.42. The van der Waals surface area contributed by atoms with Crippen LogP contribution in [0.2, 0.25) is 0 Å². The third-order valence-corrected chi connectivity index (χ3v) is 8.01. The minimum atomic E-state index is -0.504. The van der Waals surface area contributed by atoms with Crippen LogP contribution in [0.5, 0.6) is 5.75 Å². The Balaban J connectivity index is 0.000000159. The quantitative estimate of drug-likeness (QED) is 0.245. The molecule has 194 valence electrons. The fourth-order valence-corrected chi connectivity index (χ4v) is 5.97. The van der Waals surface area contributed by atoms with Crippen LogP contribution in [0.15, 0.2) is 93.3 Å². The Morgan fingerprint density at radius 3 is 2.79 bits per heavy atom. The van der Waals surface area contributed by atoms with Crippen LogP contribution in [-0.2, 0) is 0 Å². The molecule has 2 bridgehead atoms. The van der Waals surface area contributed by atoms with Gasteiger partial charge < -0.3 is 18.7 Å². The maximum atomic E-state index is 11.2. The van der Waals surface area contributed by atoms with Gasteiger partial charge in [0, 0.05) is 47.1 Å². The normalized spacial score (nSPS) is 23.2. The van der Waals surface area contributed by atoms with E-state index in [1.54, 1.807) is 31.7 Å². The van der Waals surface area contributed by atoms with Gasteiger partial charge in [0.05, 0.1) is 25.0 Å². The Labute approximate surface area is 220 Å². The molecule has 3 aliphatic heterocycles. The average molecular weight is 511 g/mol. The lowest BCUT2D eigenvalue weighted by Crippen LogP contribution is -2.54. The molecule has 38 heavy (non-hydrogen) atoms. The largest absolute Gasteiger partial charge is 0.497 e. The lowest BCUT2D eigenvalue weighted by molar-refractivity contribution is -0.0444. The number of aromatic nitrogens is 1. The van der Waals surface area contributed by atoms with Crippen LogP contribution < -0.4 is 10.4 Å². The number of pyridine rings is 1. The molecule has 5 atom stereocenters. The molecule has 8 rings (SSSR count). The zero-order valence-corrected chi connectivity index (χ0v) is 21.2. The first-order valence-corrected chi connectivity index (χ1v) is 12.9. The van der Waals surface area contributed by atoms with E-state index < -0.39 is 6.10 Å². The van der Waals surface area contributed by atoms with Gasteiger partial charge in [-0.05, 0) is 79.3 Å². The van der Waals surface area contributed by atoms with Crippen molar-refractivity contribution < 1.29 is 18.7 Å². The van der Waals surface area contributed by atoms with E-state index in [9.17, 15) is 9.90 Å². The summed E-state index contributed by atoms with van der Waals surface area (Å²) >= 11 is 0. The van der Waals surface area contributed by atoms with E-state index in [-0.39, 0.29) is 11.7 Å². The highest BCUT2D eigenvalue weighted by atomic mass is 16.5. The van der Waals surface area contributed by atoms with Crippen molar-refractivity contribution in [3.63, 3.8) is 0 Å². The van der Waals surface area contributed by atoms with E-state index in [2.05, 4.69) is 22.5 Å². The summed E-state index contributed by atoms with van der Waals surface area (Å²) in [5.74, 6) is 2.01. The van der Waals surface area contributed by atoms with Gasteiger partial charge in [-0.1, -0.05) is 6.08 Å². The fraction of sp³-hybridized carbons (Fsp3) is 0.290. The van der Waals surface area contributed by atoms with Crippen molar-refractivity contribution in [2.75, 3.05) is 20.2 Å². The number of piperidine rings is 3. The number of nitrogens with zero attached hydrogens (tertiary/aromatic N) is 2. The number of hydrogen-bond donors (Lipinski definition) is 1. The standard InChI is InChI=1S/C20H24N2O2.C11H6O3/c1-3-13-12-22-9-7-14(13)10-19(22)20(23)16-6-8-21-18-5-4-15(24-2)11-17(16)18;12-11-2-1-7-5-8-3-4-13-9(8)6-10(7)14-11/h3-6,8,11,13-14,19-20,23H,1,7,9-10,12H2,2H3;1-6H/t13-,14-,19-,20+;/m0./s1. The molecule has 0 radical (unpaired) electrons. The zero-order valence-electron chi connectivity index (χ0n) is 21.2. The van der Waals surface area contributed by atoms with Crippen LogP contribution in [0.25, 0.3) is 32.8 Å². The first kappa shape index (κ1) is 24.4. The van der Waals surface area contributed by atoms with Crippen molar-refractivity contribution in [1.29, 1.82) is 0 Å². The van der Waals surface area contributed by atoms with Gasteiger partial charge >= 0.3 is 5.63 Å². The molecule has 0 saturated carbocycles. The van der Waals surface area contributed by atoms with E-state index in [0.29, 0.717) is 17.4 Å². The first-order valence-electron chi connectivity index (χ1n) is 12.9. The molecule has 3 aromatic heterocycles. The summed E-state index contributed by atoms with van der Waals surface area (Å²) in [4.78, 5) is 17.8. The number of aliphatic hydroxyl groups is 1. The molecule has 3 aliphatic rings. The van der Waals surface area contributed by atoms with Crippen LogP contribution in [0.4, 0.5) is 0 Å². The number of hydrogen-bond acceptors (Lipinski definition) is 7. The van der Waals surface area contributed by atoms with E-state index in [1.165, 1.54) is 12.5 Å². The van der Waals surface area contributed by atoms with E-state index in [0.717, 1.165) is 58.1 Å². The van der Waals surface area contributed by atoms with Crippen LogP contribution >= 0.6 is 0 Å². The van der Waals surface area contributed by atoms with Crippen molar-refractivity contribution in [1.82, 2.24) is 9.88 Å². The second-order valence-electron chi connectivity index (χ2n) is 10.1. The van der Waals surface area contributed by atoms with Gasteiger partial charge in [-0.25, -0.2) is 4.79 Å². The topological polar surface area (TPSA) is 88.9 Å². The zero-order chi connectivity index (χ0) is 26.2. The van der Waals surface area contributed by atoms with Gasteiger partial charge in [-0.15, -0.1) is 6.58 Å². The van der Waals surface area contributed by atoms with Gasteiger partial charge in [0.1, 0.15) is 16.9 Å². The maximum Gasteiger partial charge on any atom is 0.336 e. The predicted molar refractivity (Wildman–Crippen MR) is 147 cm³/mol. The molecule has 0 aliphatic carbocycles. The number of benzene rings is 2. The number of methoxy groups -OCH3 is 1. The number of fused-ring (bicyclic) bond motifs is 6. The molecule has 7 nitrogen and oxygen atoms in total. The molecular formula is C31H30N2O5. The molecule has 2 aromatic carbocycles. The van der Waals surface area contributed by atoms with Crippen molar-refractivity contribution in [2.45, 2.75) is 25.0 Å². The Hall–Kier alpha value is -3.94. The molecule has 3 fully saturated rings. The van der Waals surface area contributed by atoms with E-state index in [4.69, 9.17) is 13.6 Å². The van der Waals surface area contributed by atoms with Gasteiger partial charge in [0.15, 0.2) is 0 Å². The highest BCUT2D eigenvalue weighted by molar-refractivity contribution is 5.92. The van der Waals surface area contributed by atoms with Gasteiger partial charge in [0.2, 0.25) is 0 Å². The van der Waals surface area contributed by atoms with Crippen molar-refractivity contribution in [2.24, 2.45) is 11.8 Å². The summed E-state index contributed by atoms with van der Waals surface area (Å²) < 4.78 is 15.6. The third kappa shape index (κ3) is 4.48. The Morgan fingerprint density at radius 1 is 1.13 bits per heavy atom. The minimum absolute atomic E-state index is 0.178. The molecule has 7 heteroatoms. The Morgan fingerprint density at radius 2 is 2.00 bits per heavy atom. The Kier molecular flexibility index (Phi) is 6.47. The minimum Gasteiger partial charge on any atom is -0.497 e. The molecule has 5 aromatic rings. The number of furan rings is 1. The van der Waals surface area contributed by atoms with E-state index in [1.807, 2.05) is 36.4 Å². The van der Waals surface area contributed by atoms with Gasteiger partial charge in [-0.2, -0.15) is 0 Å². The van der Waals surface area contributed by atoms with Crippen LogP contribution in [0.3, 0.4) is 0 Å². The number of aliphatic hydroxyl groups excluding tert-OH is 1. The summed E-state index contributed by atoms with van der Waals surface area (Å²) in [7, 11) is 1.66. The maximum absolute atomic E-state index is 11.2. The van der Waals surface area contributed by atoms with Crippen molar-refractivity contribution in [3.05, 3.63) is 95.7 Å². The van der Waals surface area contributed by atoms with E-state index >= 15 is 0 Å². The molecule has 6 heterocycles. The smallest absolute Gasteiger partial charge is 0.336 e. The molecule has 0 unspecified atom stereocenters. The first-order chi connectivity index (χ1) is 18.5. The highest BCUT2D eigenvalue weighted by Crippen LogP contribution is 2.42. The second kappa shape index (κ2) is 10.1.